The van der Waals surface area contributed by atoms with Crippen LogP contribution in [0.2, 0.25) is 5.02 Å². The molecule has 0 radical (unpaired) electrons. The maximum absolute atomic E-state index is 5.79. The Bertz CT molecular complexity index is 377. The highest BCUT2D eigenvalue weighted by atomic mass is 35.5. The SMILES string of the molecule is Cc1cnc(-c2ccc(Cl)cc2)cn1. The lowest BCUT2D eigenvalue weighted by Gasteiger charge is -2.00. The van der Waals surface area contributed by atoms with Crippen LogP contribution < -0.4 is 0 Å². The van der Waals surface area contributed by atoms with Crippen molar-refractivity contribution in [3.05, 3.63) is 47.4 Å². The van der Waals surface area contributed by atoms with E-state index in [1.54, 1.807) is 12.4 Å². The summed E-state index contributed by atoms with van der Waals surface area (Å²) in [6.07, 6.45) is 3.52. The Morgan fingerprint density at radius 3 is 2.29 bits per heavy atom. The molecule has 70 valence electrons. The molecule has 0 aliphatic rings. The standard InChI is InChI=1S/C11H9ClN2/c1-8-6-14-11(7-13-8)9-2-4-10(12)5-3-9/h2-7H,1H3. The molecule has 2 nitrogen and oxygen atoms in total. The summed E-state index contributed by atoms with van der Waals surface area (Å²) in [5.74, 6) is 0. The molecular weight excluding hydrogens is 196 g/mol. The summed E-state index contributed by atoms with van der Waals surface area (Å²) in [7, 11) is 0. The minimum absolute atomic E-state index is 0.730. The van der Waals surface area contributed by atoms with Gasteiger partial charge in [0.25, 0.3) is 0 Å². The second-order valence-corrected chi connectivity index (χ2v) is 3.49. The van der Waals surface area contributed by atoms with Crippen molar-refractivity contribution in [1.82, 2.24) is 9.97 Å². The van der Waals surface area contributed by atoms with E-state index in [4.69, 9.17) is 11.6 Å². The first-order valence-electron chi connectivity index (χ1n) is 4.30. The van der Waals surface area contributed by atoms with Crippen LogP contribution in [0.3, 0.4) is 0 Å². The lowest BCUT2D eigenvalue weighted by Crippen LogP contribution is -1.87. The molecule has 0 bridgehead atoms. The number of benzene rings is 1. The van der Waals surface area contributed by atoms with E-state index in [0.717, 1.165) is 22.0 Å². The Hall–Kier alpha value is -1.41. The number of hydrogen-bond acceptors (Lipinski definition) is 2. The highest BCUT2D eigenvalue weighted by Gasteiger charge is 1.98. The summed E-state index contributed by atoms with van der Waals surface area (Å²) in [5.41, 5.74) is 2.82. The van der Waals surface area contributed by atoms with Gasteiger partial charge in [0.2, 0.25) is 0 Å². The number of aryl methyl sites for hydroxylation is 1. The minimum atomic E-state index is 0.730. The highest BCUT2D eigenvalue weighted by molar-refractivity contribution is 6.30. The third-order valence-corrected chi connectivity index (χ3v) is 2.17. The van der Waals surface area contributed by atoms with E-state index in [-0.39, 0.29) is 0 Å². The first-order chi connectivity index (χ1) is 6.75. The van der Waals surface area contributed by atoms with Crippen molar-refractivity contribution in [2.24, 2.45) is 0 Å². The number of halogens is 1. The largest absolute Gasteiger partial charge is 0.258 e. The van der Waals surface area contributed by atoms with Crippen molar-refractivity contribution in [2.75, 3.05) is 0 Å². The zero-order valence-corrected chi connectivity index (χ0v) is 8.49. The van der Waals surface area contributed by atoms with Gasteiger partial charge in [0.1, 0.15) is 0 Å². The van der Waals surface area contributed by atoms with Crippen LogP contribution in [-0.4, -0.2) is 9.97 Å². The number of hydrogen-bond donors (Lipinski definition) is 0. The normalized spacial score (nSPS) is 10.1. The van der Waals surface area contributed by atoms with Gasteiger partial charge in [-0.25, -0.2) is 0 Å². The summed E-state index contributed by atoms with van der Waals surface area (Å²) in [5, 5.41) is 0.730. The van der Waals surface area contributed by atoms with E-state index in [2.05, 4.69) is 9.97 Å². The van der Waals surface area contributed by atoms with E-state index < -0.39 is 0 Å². The summed E-state index contributed by atoms with van der Waals surface area (Å²) in [6.45, 7) is 1.92. The van der Waals surface area contributed by atoms with E-state index in [1.165, 1.54) is 0 Å². The van der Waals surface area contributed by atoms with Crippen LogP contribution in [0.4, 0.5) is 0 Å². The zero-order valence-electron chi connectivity index (χ0n) is 7.74. The molecule has 0 amide bonds. The van der Waals surface area contributed by atoms with E-state index in [0.29, 0.717) is 0 Å². The fraction of sp³-hybridized carbons (Fsp3) is 0.0909. The van der Waals surface area contributed by atoms with Crippen molar-refractivity contribution in [3.63, 3.8) is 0 Å². The van der Waals surface area contributed by atoms with Gasteiger partial charge in [0.15, 0.2) is 0 Å². The lowest BCUT2D eigenvalue weighted by atomic mass is 10.2. The Kier molecular flexibility index (Phi) is 2.46. The van der Waals surface area contributed by atoms with Crippen molar-refractivity contribution < 1.29 is 0 Å². The van der Waals surface area contributed by atoms with E-state index in [9.17, 15) is 0 Å². The molecule has 2 rings (SSSR count). The van der Waals surface area contributed by atoms with Gasteiger partial charge in [-0.15, -0.1) is 0 Å². The molecule has 0 N–H and O–H groups in total. The monoisotopic (exact) mass is 204 g/mol. The fourth-order valence-corrected chi connectivity index (χ4v) is 1.29. The average Bonchev–Trinajstić information content (AvgIpc) is 2.21. The summed E-state index contributed by atoms with van der Waals surface area (Å²) < 4.78 is 0. The van der Waals surface area contributed by atoms with Gasteiger partial charge < -0.3 is 0 Å². The number of aromatic nitrogens is 2. The Morgan fingerprint density at radius 2 is 1.71 bits per heavy atom. The summed E-state index contributed by atoms with van der Waals surface area (Å²) >= 11 is 5.79. The maximum Gasteiger partial charge on any atom is 0.0885 e. The number of nitrogens with zero attached hydrogens (tertiary/aromatic N) is 2. The Labute approximate surface area is 87.6 Å². The molecule has 14 heavy (non-hydrogen) atoms. The Morgan fingerprint density at radius 1 is 1.00 bits per heavy atom. The van der Waals surface area contributed by atoms with Gasteiger partial charge in [-0.3, -0.25) is 9.97 Å². The van der Waals surface area contributed by atoms with Gasteiger partial charge in [-0.05, 0) is 19.1 Å². The zero-order chi connectivity index (χ0) is 9.97. The van der Waals surface area contributed by atoms with Gasteiger partial charge >= 0.3 is 0 Å². The molecule has 0 atom stereocenters. The molecule has 1 heterocycles. The van der Waals surface area contributed by atoms with Crippen LogP contribution >= 0.6 is 11.6 Å². The smallest absolute Gasteiger partial charge is 0.0885 e. The van der Waals surface area contributed by atoms with Crippen molar-refractivity contribution in [2.45, 2.75) is 6.92 Å². The van der Waals surface area contributed by atoms with Gasteiger partial charge in [-0.2, -0.15) is 0 Å². The van der Waals surface area contributed by atoms with Crippen LogP contribution in [0.5, 0.6) is 0 Å². The predicted octanol–water partition coefficient (Wildman–Crippen LogP) is 3.11. The van der Waals surface area contributed by atoms with E-state index in [1.807, 2.05) is 31.2 Å². The van der Waals surface area contributed by atoms with Crippen LogP contribution in [0.25, 0.3) is 11.3 Å². The molecule has 0 fully saturated rings. The quantitative estimate of drug-likeness (QED) is 0.714. The second-order valence-electron chi connectivity index (χ2n) is 3.05. The highest BCUT2D eigenvalue weighted by Crippen LogP contribution is 2.18. The summed E-state index contributed by atoms with van der Waals surface area (Å²) in [4.78, 5) is 8.46. The molecule has 0 aliphatic carbocycles. The lowest BCUT2D eigenvalue weighted by molar-refractivity contribution is 1.12. The molecule has 0 aliphatic heterocycles. The maximum atomic E-state index is 5.79. The molecule has 0 unspecified atom stereocenters. The molecule has 2 aromatic rings. The molecule has 0 saturated carbocycles. The van der Waals surface area contributed by atoms with E-state index >= 15 is 0 Å². The van der Waals surface area contributed by atoms with Crippen LogP contribution in [0.1, 0.15) is 5.69 Å². The van der Waals surface area contributed by atoms with Gasteiger partial charge in [-0.1, -0.05) is 23.7 Å². The van der Waals surface area contributed by atoms with Crippen molar-refractivity contribution >= 4 is 11.6 Å². The van der Waals surface area contributed by atoms with Crippen LogP contribution in [-0.2, 0) is 0 Å². The van der Waals surface area contributed by atoms with Gasteiger partial charge in [0.05, 0.1) is 17.6 Å². The average molecular weight is 205 g/mol. The minimum Gasteiger partial charge on any atom is -0.258 e. The molecule has 1 aromatic carbocycles. The topological polar surface area (TPSA) is 25.8 Å². The Balaban J connectivity index is 2.40. The first-order valence-corrected chi connectivity index (χ1v) is 4.68. The number of rotatable bonds is 1. The molecule has 1 aromatic heterocycles. The fourth-order valence-electron chi connectivity index (χ4n) is 1.16. The third-order valence-electron chi connectivity index (χ3n) is 1.92. The van der Waals surface area contributed by atoms with Crippen molar-refractivity contribution in [1.29, 1.82) is 0 Å². The predicted molar refractivity (Wildman–Crippen MR) is 57.2 cm³/mol. The third kappa shape index (κ3) is 1.91. The molecule has 0 saturated heterocycles. The van der Waals surface area contributed by atoms with Crippen molar-refractivity contribution in [3.8, 4) is 11.3 Å². The molecular formula is C11H9ClN2. The molecule has 0 spiro atoms. The second kappa shape index (κ2) is 3.76. The van der Waals surface area contributed by atoms with Crippen LogP contribution in [0.15, 0.2) is 36.7 Å². The van der Waals surface area contributed by atoms with Gasteiger partial charge in [0, 0.05) is 16.8 Å². The summed E-state index contributed by atoms with van der Waals surface area (Å²) in [6, 6.07) is 7.56. The molecule has 3 heteroatoms. The van der Waals surface area contributed by atoms with Crippen LogP contribution in [0, 0.1) is 6.92 Å². The first kappa shape index (κ1) is 9.16.